The van der Waals surface area contributed by atoms with Crippen LogP contribution < -0.4 is 10.6 Å². The number of hydrogen-bond donors (Lipinski definition) is 3. The van der Waals surface area contributed by atoms with Gasteiger partial charge >= 0.3 is 0 Å². The number of pyridine rings is 2. The quantitative estimate of drug-likeness (QED) is 0.107. The SMILES string of the molecule is Cc1cccnc1C1CCCC(c2ncccc2C)N1CCCCNC(=O)c1cc2c(-c3ccc(CNC(=O)c4ccc(C(C)(C)C)cc4)cc3)ncnc2[nH]1. The minimum absolute atomic E-state index is 0.0329. The van der Waals surface area contributed by atoms with Gasteiger partial charge < -0.3 is 15.6 Å². The molecule has 2 atom stereocenters. The number of aromatic nitrogens is 5. The number of hydrogen-bond acceptors (Lipinski definition) is 7. The Balaban J connectivity index is 0.953. The van der Waals surface area contributed by atoms with Crippen molar-refractivity contribution >= 4 is 22.8 Å². The molecule has 10 nitrogen and oxygen atoms in total. The van der Waals surface area contributed by atoms with Crippen LogP contribution >= 0.6 is 0 Å². The number of piperidine rings is 1. The van der Waals surface area contributed by atoms with Crippen LogP contribution in [0.5, 0.6) is 0 Å². The summed E-state index contributed by atoms with van der Waals surface area (Å²) in [6, 6.07) is 26.3. The summed E-state index contributed by atoms with van der Waals surface area (Å²) in [5.74, 6) is -0.282. The lowest BCUT2D eigenvalue weighted by Crippen LogP contribution is -2.38. The zero-order valence-electron chi connectivity index (χ0n) is 33.1. The summed E-state index contributed by atoms with van der Waals surface area (Å²) in [5.41, 5.74) is 10.2. The van der Waals surface area contributed by atoms with E-state index in [9.17, 15) is 9.59 Å². The number of H-pyrrole nitrogens is 1. The zero-order valence-corrected chi connectivity index (χ0v) is 33.1. The number of amides is 2. The molecule has 2 amide bonds. The molecule has 0 bridgehead atoms. The Morgan fingerprint density at radius 3 is 2.07 bits per heavy atom. The van der Waals surface area contributed by atoms with Gasteiger partial charge in [0.1, 0.15) is 17.7 Å². The maximum Gasteiger partial charge on any atom is 0.267 e. The number of benzene rings is 2. The fraction of sp³-hybridized carbons (Fsp3) is 0.348. The van der Waals surface area contributed by atoms with Crippen LogP contribution in [0, 0.1) is 13.8 Å². The van der Waals surface area contributed by atoms with E-state index in [-0.39, 0.29) is 29.3 Å². The van der Waals surface area contributed by atoms with Gasteiger partial charge in [0.15, 0.2) is 0 Å². The van der Waals surface area contributed by atoms with Crippen LogP contribution in [0.4, 0.5) is 0 Å². The molecule has 3 N–H and O–H groups in total. The van der Waals surface area contributed by atoms with Gasteiger partial charge in [-0.3, -0.25) is 24.5 Å². The number of aryl methyl sites for hydroxylation is 2. The van der Waals surface area contributed by atoms with E-state index in [1.807, 2.05) is 79.1 Å². The number of unbranched alkanes of at least 4 members (excludes halogenated alkanes) is 1. The predicted molar refractivity (Wildman–Crippen MR) is 221 cm³/mol. The molecule has 288 valence electrons. The second-order valence-electron chi connectivity index (χ2n) is 15.9. The summed E-state index contributed by atoms with van der Waals surface area (Å²) in [6.45, 7) is 12.6. The normalized spacial score (nSPS) is 16.2. The number of nitrogens with zero attached hydrogens (tertiary/aromatic N) is 5. The van der Waals surface area contributed by atoms with Crippen molar-refractivity contribution in [3.05, 3.63) is 142 Å². The minimum atomic E-state index is -0.171. The highest BCUT2D eigenvalue weighted by Gasteiger charge is 2.35. The smallest absolute Gasteiger partial charge is 0.267 e. The Morgan fingerprint density at radius 2 is 1.45 bits per heavy atom. The third kappa shape index (κ3) is 8.71. The van der Waals surface area contributed by atoms with Gasteiger partial charge in [-0.2, -0.15) is 0 Å². The van der Waals surface area contributed by atoms with Gasteiger partial charge in [0.25, 0.3) is 11.8 Å². The highest BCUT2D eigenvalue weighted by atomic mass is 16.2. The fourth-order valence-electron chi connectivity index (χ4n) is 7.84. The summed E-state index contributed by atoms with van der Waals surface area (Å²) in [4.78, 5) is 50.6. The number of likely N-dealkylation sites (tertiary alicyclic amines) is 1. The first-order valence-corrected chi connectivity index (χ1v) is 19.8. The van der Waals surface area contributed by atoms with Gasteiger partial charge in [-0.05, 0) is 110 Å². The molecule has 1 fully saturated rings. The van der Waals surface area contributed by atoms with Crippen molar-refractivity contribution in [1.82, 2.24) is 40.5 Å². The van der Waals surface area contributed by atoms with Crippen LogP contribution in [0.15, 0.2) is 97.6 Å². The Bertz CT molecular complexity index is 2240. The molecule has 0 saturated carbocycles. The molecule has 10 heteroatoms. The standard InChI is InChI=1S/C46H52N8O2/c1-30-11-9-24-47-40(30)38-13-8-14-39(41-31(2)12-10-25-48-41)54(38)26-7-6-23-49-45(56)37-27-36-42(51-29-52-43(36)53-37)33-17-15-32(16-18-33)28-50-44(55)34-19-21-35(22-20-34)46(3,4)5/h9-12,15-22,24-25,27,29,38-39H,6-8,13-14,23,26,28H2,1-5H3,(H,49,56)(H,50,55)(H,51,52,53). The van der Waals surface area contributed by atoms with Crippen molar-refractivity contribution in [1.29, 1.82) is 0 Å². The van der Waals surface area contributed by atoms with Crippen molar-refractivity contribution < 1.29 is 9.59 Å². The van der Waals surface area contributed by atoms with Gasteiger partial charge in [-0.25, -0.2) is 9.97 Å². The molecule has 4 aromatic heterocycles. The summed E-state index contributed by atoms with van der Waals surface area (Å²) in [6.07, 6.45) is 10.3. The summed E-state index contributed by atoms with van der Waals surface area (Å²) >= 11 is 0. The average molecular weight is 749 g/mol. The molecule has 5 heterocycles. The molecule has 1 saturated heterocycles. The summed E-state index contributed by atoms with van der Waals surface area (Å²) < 4.78 is 0. The molecular formula is C46H52N8O2. The first kappa shape index (κ1) is 38.5. The monoisotopic (exact) mass is 748 g/mol. The number of fused-ring (bicyclic) bond motifs is 1. The van der Waals surface area contributed by atoms with E-state index < -0.39 is 0 Å². The van der Waals surface area contributed by atoms with Crippen LogP contribution in [0.1, 0.15) is 119 Å². The molecule has 1 aliphatic rings. The van der Waals surface area contributed by atoms with Crippen molar-refractivity contribution in [3.8, 4) is 11.3 Å². The van der Waals surface area contributed by atoms with E-state index in [0.717, 1.165) is 72.2 Å². The molecule has 0 aliphatic carbocycles. The molecule has 56 heavy (non-hydrogen) atoms. The second kappa shape index (κ2) is 17.0. The van der Waals surface area contributed by atoms with Crippen molar-refractivity contribution in [3.63, 3.8) is 0 Å². The number of carbonyl (C=O) groups excluding carboxylic acids is 2. The maximum absolute atomic E-state index is 13.4. The Hall–Kier alpha value is -5.74. The third-order valence-corrected chi connectivity index (χ3v) is 11.0. The second-order valence-corrected chi connectivity index (χ2v) is 15.9. The first-order valence-electron chi connectivity index (χ1n) is 19.8. The largest absolute Gasteiger partial charge is 0.351 e. The van der Waals surface area contributed by atoms with Crippen LogP contribution in [0.25, 0.3) is 22.3 Å². The molecule has 2 aromatic carbocycles. The number of aromatic amines is 1. The van der Waals surface area contributed by atoms with E-state index in [0.29, 0.717) is 30.0 Å². The van der Waals surface area contributed by atoms with E-state index in [4.69, 9.17) is 9.97 Å². The number of nitrogens with one attached hydrogen (secondary N) is 3. The highest BCUT2D eigenvalue weighted by molar-refractivity contribution is 6.00. The van der Waals surface area contributed by atoms with Crippen LogP contribution in [0.3, 0.4) is 0 Å². The van der Waals surface area contributed by atoms with E-state index in [2.05, 4.69) is 77.2 Å². The lowest BCUT2D eigenvalue weighted by Gasteiger charge is -2.42. The van der Waals surface area contributed by atoms with Crippen LogP contribution in [-0.2, 0) is 12.0 Å². The van der Waals surface area contributed by atoms with E-state index >= 15 is 0 Å². The van der Waals surface area contributed by atoms with Crippen LogP contribution in [-0.4, -0.2) is 54.7 Å². The number of rotatable bonds is 12. The van der Waals surface area contributed by atoms with E-state index in [1.54, 1.807) is 0 Å². The molecule has 1 aliphatic heterocycles. The minimum Gasteiger partial charge on any atom is -0.351 e. The summed E-state index contributed by atoms with van der Waals surface area (Å²) in [5, 5.41) is 6.91. The molecule has 7 rings (SSSR count). The zero-order chi connectivity index (χ0) is 39.2. The Labute approximate surface area is 329 Å². The predicted octanol–water partition coefficient (Wildman–Crippen LogP) is 8.74. The first-order chi connectivity index (χ1) is 27.1. The fourth-order valence-corrected chi connectivity index (χ4v) is 7.84. The van der Waals surface area contributed by atoms with Crippen LogP contribution in [0.2, 0.25) is 0 Å². The Morgan fingerprint density at radius 1 is 0.786 bits per heavy atom. The lowest BCUT2D eigenvalue weighted by atomic mass is 9.87. The topological polar surface area (TPSA) is 129 Å². The van der Waals surface area contributed by atoms with Crippen molar-refractivity contribution in [2.45, 2.75) is 90.8 Å². The third-order valence-electron chi connectivity index (χ3n) is 11.0. The van der Waals surface area contributed by atoms with E-state index in [1.165, 1.54) is 23.0 Å². The lowest BCUT2D eigenvalue weighted by molar-refractivity contribution is 0.0740. The van der Waals surface area contributed by atoms with Gasteiger partial charge in [0, 0.05) is 42.0 Å². The molecule has 0 radical (unpaired) electrons. The summed E-state index contributed by atoms with van der Waals surface area (Å²) in [7, 11) is 0. The van der Waals surface area contributed by atoms with Crippen molar-refractivity contribution in [2.75, 3.05) is 13.1 Å². The Kier molecular flexibility index (Phi) is 11.7. The molecule has 0 spiro atoms. The van der Waals surface area contributed by atoms with Crippen molar-refractivity contribution in [2.24, 2.45) is 0 Å². The number of carbonyl (C=O) groups is 2. The highest BCUT2D eigenvalue weighted by Crippen LogP contribution is 2.42. The average Bonchev–Trinajstić information content (AvgIpc) is 3.65. The maximum atomic E-state index is 13.4. The molecule has 6 aromatic rings. The van der Waals surface area contributed by atoms with Gasteiger partial charge in [0.05, 0.1) is 29.2 Å². The van der Waals surface area contributed by atoms with Gasteiger partial charge in [-0.15, -0.1) is 0 Å². The van der Waals surface area contributed by atoms with Gasteiger partial charge in [0.2, 0.25) is 0 Å². The molecular weight excluding hydrogens is 697 g/mol. The van der Waals surface area contributed by atoms with Gasteiger partial charge in [-0.1, -0.05) is 69.3 Å². The molecule has 2 unspecified atom stereocenters.